The van der Waals surface area contributed by atoms with E-state index in [1.807, 2.05) is 19.9 Å². The molecule has 82 valence electrons. The Hall–Kier alpha value is -1.09. The molecule has 1 saturated carbocycles. The zero-order valence-corrected chi connectivity index (χ0v) is 9.18. The molecule has 0 amide bonds. The third kappa shape index (κ3) is 2.69. The molecular weight excluding hydrogens is 190 g/mol. The van der Waals surface area contributed by atoms with Crippen molar-refractivity contribution < 1.29 is 9.84 Å². The van der Waals surface area contributed by atoms with Crippen LogP contribution in [-0.2, 0) is 0 Å². The molecule has 1 unspecified atom stereocenters. The van der Waals surface area contributed by atoms with Crippen LogP contribution in [0.15, 0.2) is 18.5 Å². The minimum atomic E-state index is -0.367. The fourth-order valence-electron chi connectivity index (χ4n) is 1.62. The van der Waals surface area contributed by atoms with Crippen LogP contribution in [0, 0.1) is 5.92 Å². The molecule has 0 aromatic carbocycles. The summed E-state index contributed by atoms with van der Waals surface area (Å²) in [6.45, 7) is 3.95. The Bertz CT molecular complexity index is 334. The zero-order chi connectivity index (χ0) is 10.8. The molecule has 1 aromatic rings. The highest BCUT2D eigenvalue weighted by Crippen LogP contribution is 2.41. The van der Waals surface area contributed by atoms with Crippen LogP contribution in [0.1, 0.15) is 38.4 Å². The average Bonchev–Trinajstić information content (AvgIpc) is 2.99. The molecule has 0 spiro atoms. The third-order valence-corrected chi connectivity index (χ3v) is 2.52. The van der Waals surface area contributed by atoms with Crippen molar-refractivity contribution in [1.29, 1.82) is 0 Å². The Morgan fingerprint density at radius 2 is 2.13 bits per heavy atom. The number of rotatable bonds is 4. The fourth-order valence-corrected chi connectivity index (χ4v) is 1.62. The van der Waals surface area contributed by atoms with Crippen LogP contribution in [0.2, 0.25) is 0 Å². The first-order valence-electron chi connectivity index (χ1n) is 5.46. The summed E-state index contributed by atoms with van der Waals surface area (Å²) in [4.78, 5) is 4.08. The van der Waals surface area contributed by atoms with Crippen LogP contribution in [0.4, 0.5) is 0 Å². The smallest absolute Gasteiger partial charge is 0.138 e. The van der Waals surface area contributed by atoms with Gasteiger partial charge in [-0.15, -0.1) is 0 Å². The minimum Gasteiger partial charge on any atom is -0.489 e. The number of pyridine rings is 1. The molecule has 1 atom stereocenters. The first-order valence-corrected chi connectivity index (χ1v) is 5.46. The van der Waals surface area contributed by atoms with E-state index in [0.717, 1.165) is 24.2 Å². The van der Waals surface area contributed by atoms with Gasteiger partial charge in [-0.3, -0.25) is 4.98 Å². The molecule has 15 heavy (non-hydrogen) atoms. The van der Waals surface area contributed by atoms with Crippen molar-refractivity contribution in [2.24, 2.45) is 5.92 Å². The normalized spacial score (nSPS) is 17.9. The predicted molar refractivity (Wildman–Crippen MR) is 57.7 cm³/mol. The van der Waals surface area contributed by atoms with E-state index in [-0.39, 0.29) is 12.2 Å². The van der Waals surface area contributed by atoms with Crippen LogP contribution in [0.5, 0.6) is 5.75 Å². The molecule has 1 N–H and O–H groups in total. The van der Waals surface area contributed by atoms with Crippen LogP contribution in [0.25, 0.3) is 0 Å². The van der Waals surface area contributed by atoms with Crippen molar-refractivity contribution in [3.63, 3.8) is 0 Å². The molecule has 0 radical (unpaired) electrons. The molecule has 1 fully saturated rings. The highest BCUT2D eigenvalue weighted by Gasteiger charge is 2.31. The molecule has 2 rings (SSSR count). The van der Waals surface area contributed by atoms with Gasteiger partial charge in [0, 0.05) is 11.8 Å². The molecule has 0 bridgehead atoms. The lowest BCUT2D eigenvalue weighted by atomic mass is 10.1. The van der Waals surface area contributed by atoms with Crippen molar-refractivity contribution in [1.82, 2.24) is 4.98 Å². The molecule has 0 saturated heterocycles. The second-order valence-corrected chi connectivity index (χ2v) is 4.40. The van der Waals surface area contributed by atoms with E-state index in [2.05, 4.69) is 4.98 Å². The van der Waals surface area contributed by atoms with Gasteiger partial charge in [-0.25, -0.2) is 0 Å². The Labute approximate surface area is 90.1 Å². The summed E-state index contributed by atoms with van der Waals surface area (Å²) in [6, 6.07) is 1.88. The van der Waals surface area contributed by atoms with Crippen molar-refractivity contribution in [3.8, 4) is 5.75 Å². The average molecular weight is 207 g/mol. The maximum atomic E-state index is 9.92. The van der Waals surface area contributed by atoms with Gasteiger partial charge in [0.05, 0.1) is 18.4 Å². The van der Waals surface area contributed by atoms with Gasteiger partial charge in [-0.2, -0.15) is 0 Å². The van der Waals surface area contributed by atoms with Crippen LogP contribution in [0.3, 0.4) is 0 Å². The molecular formula is C12H17NO2. The molecule has 1 heterocycles. The molecule has 1 aromatic heterocycles. The van der Waals surface area contributed by atoms with E-state index in [1.54, 1.807) is 12.4 Å². The predicted octanol–water partition coefficient (Wildman–Crippen LogP) is 2.31. The van der Waals surface area contributed by atoms with Gasteiger partial charge < -0.3 is 9.84 Å². The second-order valence-electron chi connectivity index (χ2n) is 4.40. The highest BCUT2D eigenvalue weighted by molar-refractivity contribution is 5.26. The second kappa shape index (κ2) is 4.19. The van der Waals surface area contributed by atoms with Crippen LogP contribution >= 0.6 is 0 Å². The summed E-state index contributed by atoms with van der Waals surface area (Å²) in [5, 5.41) is 9.92. The lowest BCUT2D eigenvalue weighted by molar-refractivity contribution is 0.152. The first kappa shape index (κ1) is 10.4. The SMILES string of the molecule is CC(C)Oc1cncc(C(O)C2CC2)c1. The topological polar surface area (TPSA) is 42.4 Å². The van der Waals surface area contributed by atoms with E-state index in [9.17, 15) is 5.11 Å². The number of aliphatic hydroxyl groups is 1. The molecule has 3 nitrogen and oxygen atoms in total. The van der Waals surface area contributed by atoms with Crippen molar-refractivity contribution >= 4 is 0 Å². The maximum absolute atomic E-state index is 9.92. The standard InChI is InChI=1S/C12H17NO2/c1-8(2)15-11-5-10(6-13-7-11)12(14)9-3-4-9/h5-9,12,14H,3-4H2,1-2H3. The van der Waals surface area contributed by atoms with Crippen molar-refractivity contribution in [3.05, 3.63) is 24.0 Å². The minimum absolute atomic E-state index is 0.139. The Balaban J connectivity index is 2.10. The largest absolute Gasteiger partial charge is 0.489 e. The zero-order valence-electron chi connectivity index (χ0n) is 9.18. The van der Waals surface area contributed by atoms with Gasteiger partial charge in [0.1, 0.15) is 5.75 Å². The molecule has 3 heteroatoms. The van der Waals surface area contributed by atoms with Gasteiger partial charge in [0.25, 0.3) is 0 Å². The Morgan fingerprint density at radius 3 is 2.73 bits per heavy atom. The Morgan fingerprint density at radius 1 is 1.40 bits per heavy atom. The van der Waals surface area contributed by atoms with E-state index >= 15 is 0 Å². The number of hydrogen-bond acceptors (Lipinski definition) is 3. The number of nitrogens with zero attached hydrogens (tertiary/aromatic N) is 1. The highest BCUT2D eigenvalue weighted by atomic mass is 16.5. The third-order valence-electron chi connectivity index (χ3n) is 2.52. The summed E-state index contributed by atoms with van der Waals surface area (Å²) >= 11 is 0. The van der Waals surface area contributed by atoms with Crippen molar-refractivity contribution in [2.45, 2.75) is 38.9 Å². The van der Waals surface area contributed by atoms with E-state index in [1.165, 1.54) is 0 Å². The monoisotopic (exact) mass is 207 g/mol. The van der Waals surface area contributed by atoms with E-state index in [0.29, 0.717) is 5.92 Å². The first-order chi connectivity index (χ1) is 7.16. The van der Waals surface area contributed by atoms with Crippen molar-refractivity contribution in [2.75, 3.05) is 0 Å². The summed E-state index contributed by atoms with van der Waals surface area (Å²) in [5.41, 5.74) is 0.871. The summed E-state index contributed by atoms with van der Waals surface area (Å²) < 4.78 is 5.53. The fraction of sp³-hybridized carbons (Fsp3) is 0.583. The molecule has 1 aliphatic rings. The van der Waals surface area contributed by atoms with Gasteiger partial charge in [-0.1, -0.05) is 0 Å². The number of aliphatic hydroxyl groups excluding tert-OH is 1. The summed E-state index contributed by atoms with van der Waals surface area (Å²) in [5.74, 6) is 1.17. The van der Waals surface area contributed by atoms with Gasteiger partial charge in [-0.05, 0) is 38.7 Å². The van der Waals surface area contributed by atoms with Gasteiger partial charge >= 0.3 is 0 Å². The number of hydrogen-bond donors (Lipinski definition) is 1. The van der Waals surface area contributed by atoms with Crippen LogP contribution in [-0.4, -0.2) is 16.2 Å². The van der Waals surface area contributed by atoms with Crippen LogP contribution < -0.4 is 4.74 Å². The van der Waals surface area contributed by atoms with E-state index < -0.39 is 0 Å². The lowest BCUT2D eigenvalue weighted by Crippen LogP contribution is -2.07. The summed E-state index contributed by atoms with van der Waals surface area (Å²) in [6.07, 6.45) is 5.42. The van der Waals surface area contributed by atoms with E-state index in [4.69, 9.17) is 4.74 Å². The Kier molecular flexibility index (Phi) is 2.91. The quantitative estimate of drug-likeness (QED) is 0.823. The van der Waals surface area contributed by atoms with Gasteiger partial charge in [0.2, 0.25) is 0 Å². The van der Waals surface area contributed by atoms with Gasteiger partial charge in [0.15, 0.2) is 0 Å². The molecule has 1 aliphatic carbocycles. The summed E-state index contributed by atoms with van der Waals surface area (Å²) in [7, 11) is 0. The molecule has 0 aliphatic heterocycles. The lowest BCUT2D eigenvalue weighted by Gasteiger charge is -2.13. The number of ether oxygens (including phenoxy) is 1. The maximum Gasteiger partial charge on any atom is 0.138 e. The number of aromatic nitrogens is 1.